The summed E-state index contributed by atoms with van der Waals surface area (Å²) in [6.07, 6.45) is 6.59. The lowest BCUT2D eigenvalue weighted by atomic mass is 10.1. The van der Waals surface area contributed by atoms with Gasteiger partial charge in [0.2, 0.25) is 0 Å². The van der Waals surface area contributed by atoms with Gasteiger partial charge in [0, 0.05) is 31.5 Å². The Labute approximate surface area is 104 Å². The van der Waals surface area contributed by atoms with E-state index in [-0.39, 0.29) is 0 Å². The van der Waals surface area contributed by atoms with E-state index >= 15 is 0 Å². The summed E-state index contributed by atoms with van der Waals surface area (Å²) in [5.41, 5.74) is 0. The van der Waals surface area contributed by atoms with Crippen molar-refractivity contribution in [3.05, 3.63) is 18.2 Å². The molecule has 4 nitrogen and oxygen atoms in total. The molecule has 1 unspecified atom stereocenters. The Morgan fingerprint density at radius 2 is 2.41 bits per heavy atom. The molecule has 0 bridgehead atoms. The summed E-state index contributed by atoms with van der Waals surface area (Å²) >= 11 is 0. The predicted octanol–water partition coefficient (Wildman–Crippen LogP) is 1.48. The zero-order valence-corrected chi connectivity index (χ0v) is 11.0. The molecule has 0 aromatic carbocycles. The van der Waals surface area contributed by atoms with E-state index in [0.29, 0.717) is 6.04 Å². The number of likely N-dealkylation sites (N-methyl/N-ethyl adjacent to an activating group) is 1. The predicted molar refractivity (Wildman–Crippen MR) is 69.9 cm³/mol. The maximum Gasteiger partial charge on any atom is 0.122 e. The van der Waals surface area contributed by atoms with Gasteiger partial charge in [0.05, 0.1) is 6.54 Å². The first-order valence-corrected chi connectivity index (χ1v) is 6.80. The zero-order valence-electron chi connectivity index (χ0n) is 11.0. The number of imidazole rings is 1. The standard InChI is InChI=1S/C13H24N4/c1-3-16-9-8-15-13(16)11-17(4-2)12-6-5-7-14-10-12/h8-9,12,14H,3-7,10-11H2,1-2H3. The highest BCUT2D eigenvalue weighted by Crippen LogP contribution is 2.13. The summed E-state index contributed by atoms with van der Waals surface area (Å²) in [5, 5.41) is 3.49. The third kappa shape index (κ3) is 3.07. The molecule has 0 aliphatic carbocycles. The van der Waals surface area contributed by atoms with Gasteiger partial charge in [-0.3, -0.25) is 4.90 Å². The maximum absolute atomic E-state index is 4.47. The van der Waals surface area contributed by atoms with Gasteiger partial charge in [-0.15, -0.1) is 0 Å². The highest BCUT2D eigenvalue weighted by Gasteiger charge is 2.20. The van der Waals surface area contributed by atoms with Crippen LogP contribution in [0.1, 0.15) is 32.5 Å². The number of aromatic nitrogens is 2. The van der Waals surface area contributed by atoms with Crippen LogP contribution in [0.5, 0.6) is 0 Å². The number of hydrogen-bond donors (Lipinski definition) is 1. The quantitative estimate of drug-likeness (QED) is 0.840. The van der Waals surface area contributed by atoms with Crippen LogP contribution >= 0.6 is 0 Å². The average Bonchev–Trinajstić information content (AvgIpc) is 2.84. The van der Waals surface area contributed by atoms with Gasteiger partial charge < -0.3 is 9.88 Å². The van der Waals surface area contributed by atoms with E-state index in [4.69, 9.17) is 0 Å². The van der Waals surface area contributed by atoms with Crippen LogP contribution in [0.25, 0.3) is 0 Å². The second kappa shape index (κ2) is 6.17. The van der Waals surface area contributed by atoms with Crippen LogP contribution in [0, 0.1) is 0 Å². The van der Waals surface area contributed by atoms with Gasteiger partial charge in [-0.1, -0.05) is 6.92 Å². The molecule has 0 amide bonds. The smallest absolute Gasteiger partial charge is 0.122 e. The fourth-order valence-corrected chi connectivity index (χ4v) is 2.61. The fraction of sp³-hybridized carbons (Fsp3) is 0.769. The molecule has 17 heavy (non-hydrogen) atoms. The first-order chi connectivity index (χ1) is 8.35. The molecule has 96 valence electrons. The molecule has 2 rings (SSSR count). The number of hydrogen-bond acceptors (Lipinski definition) is 3. The van der Waals surface area contributed by atoms with Gasteiger partial charge in [0.15, 0.2) is 0 Å². The Bertz CT molecular complexity index is 328. The van der Waals surface area contributed by atoms with Crippen molar-refractivity contribution >= 4 is 0 Å². The molecule has 0 spiro atoms. The molecular weight excluding hydrogens is 212 g/mol. The summed E-state index contributed by atoms with van der Waals surface area (Å²) < 4.78 is 2.24. The molecule has 1 saturated heterocycles. The van der Waals surface area contributed by atoms with E-state index in [9.17, 15) is 0 Å². The van der Waals surface area contributed by atoms with Crippen molar-refractivity contribution < 1.29 is 0 Å². The topological polar surface area (TPSA) is 33.1 Å². The number of rotatable bonds is 5. The van der Waals surface area contributed by atoms with Gasteiger partial charge >= 0.3 is 0 Å². The van der Waals surface area contributed by atoms with Gasteiger partial charge in [-0.05, 0) is 32.9 Å². The monoisotopic (exact) mass is 236 g/mol. The fourth-order valence-electron chi connectivity index (χ4n) is 2.61. The van der Waals surface area contributed by atoms with Crippen LogP contribution in [0.3, 0.4) is 0 Å². The first kappa shape index (κ1) is 12.6. The van der Waals surface area contributed by atoms with E-state index in [1.807, 2.05) is 6.20 Å². The summed E-state index contributed by atoms with van der Waals surface area (Å²) in [5.74, 6) is 1.19. The van der Waals surface area contributed by atoms with Crippen molar-refractivity contribution in [2.75, 3.05) is 19.6 Å². The highest BCUT2D eigenvalue weighted by molar-refractivity contribution is 4.93. The third-order valence-corrected chi connectivity index (χ3v) is 3.68. The maximum atomic E-state index is 4.47. The molecule has 2 heterocycles. The first-order valence-electron chi connectivity index (χ1n) is 6.80. The van der Waals surface area contributed by atoms with Crippen molar-refractivity contribution in [1.29, 1.82) is 0 Å². The van der Waals surface area contributed by atoms with Gasteiger partial charge in [0.1, 0.15) is 5.82 Å². The average molecular weight is 236 g/mol. The van der Waals surface area contributed by atoms with Gasteiger partial charge in [-0.2, -0.15) is 0 Å². The van der Waals surface area contributed by atoms with Crippen molar-refractivity contribution in [2.45, 2.75) is 45.8 Å². The van der Waals surface area contributed by atoms with Crippen LogP contribution in [0.15, 0.2) is 12.4 Å². The Morgan fingerprint density at radius 3 is 3.06 bits per heavy atom. The van der Waals surface area contributed by atoms with Crippen molar-refractivity contribution in [2.24, 2.45) is 0 Å². The molecule has 1 aliphatic rings. The second-order valence-corrected chi connectivity index (χ2v) is 4.69. The molecule has 1 atom stereocenters. The molecule has 1 aromatic heterocycles. The van der Waals surface area contributed by atoms with Crippen molar-refractivity contribution in [1.82, 2.24) is 19.8 Å². The van der Waals surface area contributed by atoms with E-state index in [1.54, 1.807) is 0 Å². The van der Waals surface area contributed by atoms with E-state index < -0.39 is 0 Å². The number of nitrogens with one attached hydrogen (secondary N) is 1. The Hall–Kier alpha value is -0.870. The lowest BCUT2D eigenvalue weighted by molar-refractivity contribution is 0.160. The summed E-state index contributed by atoms with van der Waals surface area (Å²) in [7, 11) is 0. The van der Waals surface area contributed by atoms with Crippen molar-refractivity contribution in [3.63, 3.8) is 0 Å². The normalized spacial score (nSPS) is 21.0. The largest absolute Gasteiger partial charge is 0.334 e. The minimum Gasteiger partial charge on any atom is -0.334 e. The Balaban J connectivity index is 1.98. The van der Waals surface area contributed by atoms with Crippen molar-refractivity contribution in [3.8, 4) is 0 Å². The highest BCUT2D eigenvalue weighted by atomic mass is 15.2. The molecule has 0 radical (unpaired) electrons. The molecule has 0 saturated carbocycles. The molecule has 1 fully saturated rings. The van der Waals surface area contributed by atoms with Crippen LogP contribution in [0.2, 0.25) is 0 Å². The minimum atomic E-state index is 0.677. The SMILES string of the molecule is CCN(Cc1nccn1CC)C1CCCNC1. The third-order valence-electron chi connectivity index (χ3n) is 3.68. The van der Waals surface area contributed by atoms with E-state index in [1.165, 1.54) is 25.2 Å². The molecular formula is C13H24N4. The van der Waals surface area contributed by atoms with Crippen LogP contribution in [-0.2, 0) is 13.1 Å². The molecule has 4 heteroatoms. The molecule has 1 N–H and O–H groups in total. The summed E-state index contributed by atoms with van der Waals surface area (Å²) in [6, 6.07) is 0.677. The summed E-state index contributed by atoms with van der Waals surface area (Å²) in [6.45, 7) is 9.80. The van der Waals surface area contributed by atoms with Crippen LogP contribution in [0.4, 0.5) is 0 Å². The van der Waals surface area contributed by atoms with Crippen LogP contribution < -0.4 is 5.32 Å². The van der Waals surface area contributed by atoms with E-state index in [0.717, 1.165) is 26.2 Å². The van der Waals surface area contributed by atoms with Crippen LogP contribution in [-0.4, -0.2) is 40.1 Å². The lowest BCUT2D eigenvalue weighted by Gasteiger charge is -2.33. The molecule has 1 aliphatic heterocycles. The Kier molecular flexibility index (Phi) is 4.57. The lowest BCUT2D eigenvalue weighted by Crippen LogP contribution is -2.45. The zero-order chi connectivity index (χ0) is 12.1. The number of piperidine rings is 1. The summed E-state index contributed by atoms with van der Waals surface area (Å²) in [4.78, 5) is 7.01. The van der Waals surface area contributed by atoms with Gasteiger partial charge in [-0.25, -0.2) is 4.98 Å². The van der Waals surface area contributed by atoms with Gasteiger partial charge in [0.25, 0.3) is 0 Å². The Morgan fingerprint density at radius 1 is 1.53 bits per heavy atom. The second-order valence-electron chi connectivity index (χ2n) is 4.69. The van der Waals surface area contributed by atoms with E-state index in [2.05, 4.69) is 39.8 Å². The number of aryl methyl sites for hydroxylation is 1. The molecule has 1 aromatic rings. The minimum absolute atomic E-state index is 0.677. The number of nitrogens with zero attached hydrogens (tertiary/aromatic N) is 3.